The second-order valence-electron chi connectivity index (χ2n) is 3.17. The Bertz CT molecular complexity index is 437. The zero-order valence-electron chi connectivity index (χ0n) is 7.87. The number of pyridine rings is 1. The molecule has 0 radical (unpaired) electrons. The van der Waals surface area contributed by atoms with Crippen molar-refractivity contribution in [3.8, 4) is 11.3 Å². The predicted molar refractivity (Wildman–Crippen MR) is 67.1 cm³/mol. The molecule has 0 spiro atoms. The van der Waals surface area contributed by atoms with Crippen molar-refractivity contribution in [1.82, 2.24) is 4.98 Å². The van der Waals surface area contributed by atoms with Gasteiger partial charge in [0.2, 0.25) is 0 Å². The lowest BCUT2D eigenvalue weighted by Crippen LogP contribution is -1.89. The molecule has 1 aromatic heterocycles. The monoisotopic (exact) mass is 295 g/mol. The first-order valence-electron chi connectivity index (χ1n) is 4.46. The number of benzene rings is 1. The van der Waals surface area contributed by atoms with E-state index in [1.165, 1.54) is 11.1 Å². The summed E-state index contributed by atoms with van der Waals surface area (Å²) in [6.45, 7) is 2.09. The first-order valence-corrected chi connectivity index (χ1v) is 5.54. The molecule has 0 bridgehead atoms. The molecule has 2 heteroatoms. The molecule has 1 heterocycles. The summed E-state index contributed by atoms with van der Waals surface area (Å²) in [5.74, 6) is 0. The van der Waals surface area contributed by atoms with Crippen LogP contribution in [0.3, 0.4) is 0 Å². The van der Waals surface area contributed by atoms with Gasteiger partial charge in [-0.25, -0.2) is 4.98 Å². The van der Waals surface area contributed by atoms with Crippen molar-refractivity contribution in [2.75, 3.05) is 0 Å². The van der Waals surface area contributed by atoms with E-state index in [-0.39, 0.29) is 0 Å². The van der Waals surface area contributed by atoms with Crippen LogP contribution in [0.15, 0.2) is 42.5 Å². The number of nitrogens with zero attached hydrogens (tertiary/aromatic N) is 1. The Morgan fingerprint density at radius 3 is 2.43 bits per heavy atom. The van der Waals surface area contributed by atoms with Gasteiger partial charge in [-0.1, -0.05) is 36.4 Å². The van der Waals surface area contributed by atoms with E-state index in [4.69, 9.17) is 0 Å². The van der Waals surface area contributed by atoms with E-state index in [1.54, 1.807) is 0 Å². The number of aryl methyl sites for hydroxylation is 1. The van der Waals surface area contributed by atoms with Crippen LogP contribution >= 0.6 is 22.6 Å². The van der Waals surface area contributed by atoms with Gasteiger partial charge in [-0.3, -0.25) is 0 Å². The number of hydrogen-bond donors (Lipinski definition) is 0. The predicted octanol–water partition coefficient (Wildman–Crippen LogP) is 3.66. The Morgan fingerprint density at radius 2 is 1.71 bits per heavy atom. The topological polar surface area (TPSA) is 12.9 Å². The Kier molecular flexibility index (Phi) is 2.82. The maximum absolute atomic E-state index is 4.53. The molecule has 1 nitrogen and oxygen atoms in total. The van der Waals surface area contributed by atoms with E-state index >= 15 is 0 Å². The fraction of sp³-hybridized carbons (Fsp3) is 0.0833. The lowest BCUT2D eigenvalue weighted by atomic mass is 10.1. The standard InChI is InChI=1S/C12H10IN/c1-9-7-8-11(13)14-12(9)10-5-3-2-4-6-10/h2-8H,1H3. The molecule has 0 saturated carbocycles. The highest BCUT2D eigenvalue weighted by molar-refractivity contribution is 14.1. The Morgan fingerprint density at radius 1 is 1.00 bits per heavy atom. The van der Waals surface area contributed by atoms with E-state index in [2.05, 4.69) is 52.7 Å². The molecule has 1 aromatic carbocycles. The third kappa shape index (κ3) is 1.95. The van der Waals surface area contributed by atoms with Gasteiger partial charge in [0, 0.05) is 5.56 Å². The highest BCUT2D eigenvalue weighted by atomic mass is 127. The minimum absolute atomic E-state index is 1.03. The van der Waals surface area contributed by atoms with Crippen LogP contribution in [0.5, 0.6) is 0 Å². The normalized spacial score (nSPS) is 10.1. The van der Waals surface area contributed by atoms with Crippen LogP contribution in [-0.4, -0.2) is 4.98 Å². The molecule has 0 aliphatic carbocycles. The average Bonchev–Trinajstić information content (AvgIpc) is 2.23. The van der Waals surface area contributed by atoms with Gasteiger partial charge in [0.1, 0.15) is 3.70 Å². The fourth-order valence-corrected chi connectivity index (χ4v) is 1.81. The molecule has 70 valence electrons. The van der Waals surface area contributed by atoms with Crippen molar-refractivity contribution in [3.05, 3.63) is 51.7 Å². The quantitative estimate of drug-likeness (QED) is 0.578. The van der Waals surface area contributed by atoms with E-state index in [1.807, 2.05) is 24.3 Å². The van der Waals surface area contributed by atoms with Gasteiger partial charge in [-0.2, -0.15) is 0 Å². The van der Waals surface area contributed by atoms with Crippen LogP contribution in [-0.2, 0) is 0 Å². The van der Waals surface area contributed by atoms with Crippen LogP contribution < -0.4 is 0 Å². The van der Waals surface area contributed by atoms with Crippen molar-refractivity contribution in [3.63, 3.8) is 0 Å². The number of rotatable bonds is 1. The molecule has 0 saturated heterocycles. The lowest BCUT2D eigenvalue weighted by molar-refractivity contribution is 1.23. The first-order chi connectivity index (χ1) is 6.77. The molecule has 0 N–H and O–H groups in total. The summed E-state index contributed by atoms with van der Waals surface area (Å²) < 4.78 is 1.03. The van der Waals surface area contributed by atoms with E-state index in [0.717, 1.165) is 9.39 Å². The maximum atomic E-state index is 4.53. The molecular weight excluding hydrogens is 285 g/mol. The third-order valence-corrected chi connectivity index (χ3v) is 2.71. The van der Waals surface area contributed by atoms with Crippen molar-refractivity contribution >= 4 is 22.6 Å². The second kappa shape index (κ2) is 4.09. The second-order valence-corrected chi connectivity index (χ2v) is 4.27. The third-order valence-electron chi connectivity index (χ3n) is 2.11. The van der Waals surface area contributed by atoms with Crippen LogP contribution in [0.1, 0.15) is 5.56 Å². The largest absolute Gasteiger partial charge is 0.242 e. The Balaban J connectivity index is 2.57. The fourth-order valence-electron chi connectivity index (χ4n) is 1.39. The highest BCUT2D eigenvalue weighted by Gasteiger charge is 2.02. The van der Waals surface area contributed by atoms with Crippen LogP contribution in [0.4, 0.5) is 0 Å². The SMILES string of the molecule is Cc1ccc(I)nc1-c1ccccc1. The van der Waals surface area contributed by atoms with Crippen LogP contribution in [0.2, 0.25) is 0 Å². The van der Waals surface area contributed by atoms with Gasteiger partial charge in [0.05, 0.1) is 5.69 Å². The number of aromatic nitrogens is 1. The summed E-state index contributed by atoms with van der Waals surface area (Å²) in [4.78, 5) is 4.53. The van der Waals surface area contributed by atoms with E-state index in [0.29, 0.717) is 0 Å². The van der Waals surface area contributed by atoms with E-state index in [9.17, 15) is 0 Å². The van der Waals surface area contributed by atoms with E-state index < -0.39 is 0 Å². The summed E-state index contributed by atoms with van der Waals surface area (Å²) >= 11 is 2.24. The van der Waals surface area contributed by atoms with Gasteiger partial charge in [-0.05, 0) is 41.1 Å². The number of halogens is 1. The Labute approximate surface area is 97.3 Å². The zero-order valence-corrected chi connectivity index (χ0v) is 10.0. The minimum Gasteiger partial charge on any atom is -0.242 e. The van der Waals surface area contributed by atoms with Gasteiger partial charge in [0.25, 0.3) is 0 Å². The summed E-state index contributed by atoms with van der Waals surface area (Å²) in [7, 11) is 0. The number of hydrogen-bond acceptors (Lipinski definition) is 1. The van der Waals surface area contributed by atoms with Crippen LogP contribution in [0.25, 0.3) is 11.3 Å². The van der Waals surface area contributed by atoms with Crippen molar-refractivity contribution in [1.29, 1.82) is 0 Å². The molecule has 0 unspecified atom stereocenters. The minimum atomic E-state index is 1.03. The molecule has 0 aliphatic rings. The van der Waals surface area contributed by atoms with Crippen LogP contribution in [0, 0.1) is 10.6 Å². The molecule has 0 aliphatic heterocycles. The Hall–Kier alpha value is -0.900. The van der Waals surface area contributed by atoms with Gasteiger partial charge in [0.15, 0.2) is 0 Å². The van der Waals surface area contributed by atoms with Gasteiger partial charge < -0.3 is 0 Å². The summed E-state index contributed by atoms with van der Waals surface area (Å²) in [6, 6.07) is 14.4. The molecule has 14 heavy (non-hydrogen) atoms. The van der Waals surface area contributed by atoms with Gasteiger partial charge >= 0.3 is 0 Å². The zero-order chi connectivity index (χ0) is 9.97. The first kappa shape index (κ1) is 9.65. The summed E-state index contributed by atoms with van der Waals surface area (Å²) in [5, 5.41) is 0. The molecule has 0 fully saturated rings. The van der Waals surface area contributed by atoms with Crippen molar-refractivity contribution in [2.45, 2.75) is 6.92 Å². The maximum Gasteiger partial charge on any atom is 0.102 e. The molecule has 0 amide bonds. The molecule has 2 aromatic rings. The van der Waals surface area contributed by atoms with Gasteiger partial charge in [-0.15, -0.1) is 0 Å². The highest BCUT2D eigenvalue weighted by Crippen LogP contribution is 2.21. The molecular formula is C12H10IN. The lowest BCUT2D eigenvalue weighted by Gasteiger charge is -2.04. The average molecular weight is 295 g/mol. The molecule has 0 atom stereocenters. The molecule has 2 rings (SSSR count). The summed E-state index contributed by atoms with van der Waals surface area (Å²) in [5.41, 5.74) is 3.48. The van der Waals surface area contributed by atoms with Crippen molar-refractivity contribution < 1.29 is 0 Å². The van der Waals surface area contributed by atoms with Crippen molar-refractivity contribution in [2.24, 2.45) is 0 Å². The smallest absolute Gasteiger partial charge is 0.102 e. The summed E-state index contributed by atoms with van der Waals surface area (Å²) in [6.07, 6.45) is 0.